The summed E-state index contributed by atoms with van der Waals surface area (Å²) >= 11 is 0. The van der Waals surface area contributed by atoms with E-state index in [1.807, 2.05) is 30.3 Å². The van der Waals surface area contributed by atoms with Gasteiger partial charge in [0, 0.05) is 6.54 Å². The van der Waals surface area contributed by atoms with E-state index in [2.05, 4.69) is 37.9 Å². The van der Waals surface area contributed by atoms with Crippen molar-refractivity contribution in [1.82, 2.24) is 4.90 Å². The van der Waals surface area contributed by atoms with Gasteiger partial charge in [0.05, 0.1) is 39.9 Å². The van der Waals surface area contributed by atoms with Crippen LogP contribution in [0.5, 0.6) is 23.0 Å². The van der Waals surface area contributed by atoms with Crippen molar-refractivity contribution in [1.29, 1.82) is 5.26 Å². The van der Waals surface area contributed by atoms with E-state index in [-0.39, 0.29) is 5.92 Å². The van der Waals surface area contributed by atoms with Crippen LogP contribution in [-0.4, -0.2) is 75.8 Å². The Kier molecular flexibility index (Phi) is 14.2. The summed E-state index contributed by atoms with van der Waals surface area (Å²) in [5.74, 6) is 1.80. The Labute approximate surface area is 232 Å². The molecule has 0 saturated carbocycles. The number of methoxy groups -OCH3 is 4. The molecule has 0 aliphatic rings. The lowest BCUT2D eigenvalue weighted by molar-refractivity contribution is -0.145. The second-order valence-electron chi connectivity index (χ2n) is 9.67. The first kappa shape index (κ1) is 33.5. The standard InChI is InChI=1S/C27H38N2O4.C3H6O3/c1-20(2)27(19-28,22-10-12-24(31-5)26(18-22)33-7)14-8-15-29(3)16-13-21-9-11-23(30-4)25(17-21)32-6;1-2(4)3(5)6/h9-12,17-18,20H,8,13-16H2,1-7H3;2,4H,1H3,(H,5,6)/t27-;/m0./s1. The van der Waals surface area contributed by atoms with Crippen LogP contribution in [0.15, 0.2) is 36.4 Å². The van der Waals surface area contributed by atoms with E-state index in [1.54, 1.807) is 28.4 Å². The van der Waals surface area contributed by atoms with Crippen molar-refractivity contribution in [2.45, 2.75) is 51.6 Å². The molecule has 9 heteroatoms. The van der Waals surface area contributed by atoms with Crippen LogP contribution in [-0.2, 0) is 16.6 Å². The van der Waals surface area contributed by atoms with Gasteiger partial charge in [0.1, 0.15) is 6.10 Å². The lowest BCUT2D eigenvalue weighted by Gasteiger charge is -2.32. The first-order valence-electron chi connectivity index (χ1n) is 12.9. The third-order valence-corrected chi connectivity index (χ3v) is 6.78. The summed E-state index contributed by atoms with van der Waals surface area (Å²) in [7, 11) is 8.67. The normalized spacial score (nSPS) is 13.0. The number of aliphatic carboxylic acids is 1. The summed E-state index contributed by atoms with van der Waals surface area (Å²) in [6.45, 7) is 7.26. The topological polar surface area (TPSA) is 121 Å². The lowest BCUT2D eigenvalue weighted by atomic mass is 9.69. The quantitative estimate of drug-likeness (QED) is 0.353. The number of ether oxygens (including phenoxy) is 4. The second kappa shape index (κ2) is 16.5. The molecular weight excluding hydrogens is 500 g/mol. The van der Waals surface area contributed by atoms with Gasteiger partial charge in [-0.3, -0.25) is 0 Å². The van der Waals surface area contributed by atoms with Crippen molar-refractivity contribution in [3.05, 3.63) is 47.5 Å². The molecule has 9 nitrogen and oxygen atoms in total. The Hall–Kier alpha value is -3.48. The highest BCUT2D eigenvalue weighted by molar-refractivity contribution is 5.71. The van der Waals surface area contributed by atoms with Crippen LogP contribution in [0.2, 0.25) is 0 Å². The summed E-state index contributed by atoms with van der Waals surface area (Å²) in [5.41, 5.74) is 1.60. The van der Waals surface area contributed by atoms with Crippen molar-refractivity contribution in [2.75, 3.05) is 48.6 Å². The highest BCUT2D eigenvalue weighted by Crippen LogP contribution is 2.40. The summed E-state index contributed by atoms with van der Waals surface area (Å²) in [6.07, 6.45) is 1.38. The number of benzene rings is 2. The van der Waals surface area contributed by atoms with Crippen LogP contribution in [0.4, 0.5) is 0 Å². The van der Waals surface area contributed by atoms with E-state index in [4.69, 9.17) is 29.2 Å². The van der Waals surface area contributed by atoms with E-state index in [1.165, 1.54) is 12.5 Å². The fourth-order valence-corrected chi connectivity index (χ4v) is 4.23. The first-order valence-corrected chi connectivity index (χ1v) is 12.9. The fraction of sp³-hybridized carbons (Fsp3) is 0.533. The minimum Gasteiger partial charge on any atom is -0.493 e. The number of likely N-dealkylation sites (N-methyl/N-ethyl adjacent to an activating group) is 1. The van der Waals surface area contributed by atoms with Crippen LogP contribution >= 0.6 is 0 Å². The van der Waals surface area contributed by atoms with Gasteiger partial charge in [-0.2, -0.15) is 5.26 Å². The van der Waals surface area contributed by atoms with Crippen molar-refractivity contribution < 1.29 is 34.0 Å². The zero-order valence-electron chi connectivity index (χ0n) is 24.5. The molecule has 2 rings (SSSR count). The number of carboxylic acid groups (broad SMARTS) is 1. The van der Waals surface area contributed by atoms with Gasteiger partial charge in [-0.05, 0) is 81.1 Å². The molecular formula is C30H44N2O7. The SMILES string of the molecule is CC(O)C(=O)O.COc1ccc(CCN(C)CCC[C@@](C#N)(c2ccc(OC)c(OC)c2)C(C)C)cc1OC. The molecule has 2 aromatic carbocycles. The highest BCUT2D eigenvalue weighted by Gasteiger charge is 2.36. The van der Waals surface area contributed by atoms with Crippen LogP contribution in [0, 0.1) is 17.2 Å². The third kappa shape index (κ3) is 9.65. The molecule has 0 heterocycles. The third-order valence-electron chi connectivity index (χ3n) is 6.78. The number of hydrogen-bond donors (Lipinski definition) is 2. The van der Waals surface area contributed by atoms with E-state index < -0.39 is 17.5 Å². The molecule has 2 atom stereocenters. The zero-order chi connectivity index (χ0) is 29.6. The van der Waals surface area contributed by atoms with Crippen molar-refractivity contribution >= 4 is 5.97 Å². The molecule has 0 spiro atoms. The second-order valence-corrected chi connectivity index (χ2v) is 9.67. The summed E-state index contributed by atoms with van der Waals surface area (Å²) in [6, 6.07) is 14.5. The Bertz CT molecular complexity index is 1080. The van der Waals surface area contributed by atoms with Gasteiger partial charge in [-0.1, -0.05) is 26.0 Å². The summed E-state index contributed by atoms with van der Waals surface area (Å²) in [4.78, 5) is 11.8. The number of carboxylic acids is 1. The molecule has 2 aromatic rings. The number of rotatable bonds is 14. The predicted octanol–water partition coefficient (Wildman–Crippen LogP) is 4.54. The molecule has 0 bridgehead atoms. The molecule has 2 N–H and O–H groups in total. The van der Waals surface area contributed by atoms with Crippen molar-refractivity contribution in [3.63, 3.8) is 0 Å². The number of aliphatic hydroxyl groups is 1. The maximum absolute atomic E-state index is 10.2. The van der Waals surface area contributed by atoms with Crippen LogP contribution < -0.4 is 18.9 Å². The number of aliphatic hydroxyl groups excluding tert-OH is 1. The maximum Gasteiger partial charge on any atom is 0.332 e. The molecule has 0 saturated heterocycles. The Morgan fingerprint density at radius 1 is 0.923 bits per heavy atom. The minimum absolute atomic E-state index is 0.165. The average molecular weight is 545 g/mol. The zero-order valence-corrected chi connectivity index (χ0v) is 24.5. The number of hydrogen-bond acceptors (Lipinski definition) is 8. The van der Waals surface area contributed by atoms with Gasteiger partial charge in [0.2, 0.25) is 0 Å². The van der Waals surface area contributed by atoms with E-state index in [9.17, 15) is 10.1 Å². The van der Waals surface area contributed by atoms with E-state index >= 15 is 0 Å². The summed E-state index contributed by atoms with van der Waals surface area (Å²) in [5, 5.41) is 26.0. The molecule has 216 valence electrons. The van der Waals surface area contributed by atoms with Gasteiger partial charge in [-0.15, -0.1) is 0 Å². The molecule has 1 unspecified atom stereocenters. The smallest absolute Gasteiger partial charge is 0.332 e. The Morgan fingerprint density at radius 3 is 1.90 bits per heavy atom. The van der Waals surface area contributed by atoms with Gasteiger partial charge in [0.15, 0.2) is 23.0 Å². The lowest BCUT2D eigenvalue weighted by Crippen LogP contribution is -2.32. The van der Waals surface area contributed by atoms with Gasteiger partial charge in [0.25, 0.3) is 0 Å². The molecule has 0 radical (unpaired) electrons. The van der Waals surface area contributed by atoms with Crippen LogP contribution in [0.25, 0.3) is 0 Å². The number of nitrogens with zero attached hydrogens (tertiary/aromatic N) is 2. The van der Waals surface area contributed by atoms with Crippen molar-refractivity contribution in [2.24, 2.45) is 5.92 Å². The Morgan fingerprint density at radius 2 is 1.44 bits per heavy atom. The fourth-order valence-electron chi connectivity index (χ4n) is 4.23. The largest absolute Gasteiger partial charge is 0.493 e. The molecule has 39 heavy (non-hydrogen) atoms. The maximum atomic E-state index is 10.2. The van der Waals surface area contributed by atoms with Gasteiger partial charge >= 0.3 is 5.97 Å². The summed E-state index contributed by atoms with van der Waals surface area (Å²) < 4.78 is 21.6. The highest BCUT2D eigenvalue weighted by atomic mass is 16.5. The van der Waals surface area contributed by atoms with Crippen LogP contribution in [0.3, 0.4) is 0 Å². The van der Waals surface area contributed by atoms with Crippen LogP contribution in [0.1, 0.15) is 44.7 Å². The molecule has 0 aliphatic heterocycles. The molecule has 0 fully saturated rings. The molecule has 0 aliphatic carbocycles. The van der Waals surface area contributed by atoms with E-state index in [0.717, 1.165) is 49.4 Å². The first-order chi connectivity index (χ1) is 18.5. The predicted molar refractivity (Wildman–Crippen MR) is 151 cm³/mol. The Balaban J connectivity index is 0.00000113. The number of nitriles is 1. The van der Waals surface area contributed by atoms with Crippen molar-refractivity contribution in [3.8, 4) is 29.1 Å². The van der Waals surface area contributed by atoms with Gasteiger partial charge in [-0.25, -0.2) is 4.79 Å². The monoisotopic (exact) mass is 544 g/mol. The van der Waals surface area contributed by atoms with E-state index in [0.29, 0.717) is 11.5 Å². The molecule has 0 aromatic heterocycles. The average Bonchev–Trinajstić information content (AvgIpc) is 2.93. The minimum atomic E-state index is -1.23. The molecule has 0 amide bonds. The number of carbonyl (C=O) groups is 1. The van der Waals surface area contributed by atoms with Gasteiger partial charge < -0.3 is 34.1 Å².